The predicted octanol–water partition coefficient (Wildman–Crippen LogP) is 4.60. The Morgan fingerprint density at radius 2 is 1.29 bits per heavy atom. The first-order valence-corrected chi connectivity index (χ1v) is 6.12. The van der Waals surface area contributed by atoms with Gasteiger partial charge in [0, 0.05) is 0 Å². The van der Waals surface area contributed by atoms with Crippen LogP contribution in [0.4, 0.5) is 0 Å². The van der Waals surface area contributed by atoms with E-state index in [0.29, 0.717) is 5.92 Å². The molecule has 0 heterocycles. The third-order valence-corrected chi connectivity index (χ3v) is 2.98. The predicted molar refractivity (Wildman–Crippen MR) is 73.8 cm³/mol. The van der Waals surface area contributed by atoms with Gasteiger partial charge in [-0.25, -0.2) is 0 Å². The van der Waals surface area contributed by atoms with Crippen LogP contribution in [0.5, 0.6) is 0 Å². The molecule has 0 amide bonds. The summed E-state index contributed by atoms with van der Waals surface area (Å²) in [5, 5.41) is 0. The van der Waals surface area contributed by atoms with Gasteiger partial charge in [-0.15, -0.1) is 0 Å². The van der Waals surface area contributed by atoms with E-state index >= 15 is 0 Å². The number of hydrogen-bond donors (Lipinski definition) is 0. The minimum Gasteiger partial charge on any atom is -0.0623 e. The summed E-state index contributed by atoms with van der Waals surface area (Å²) in [5.41, 5.74) is 2.80. The van der Waals surface area contributed by atoms with Gasteiger partial charge in [0.2, 0.25) is 0 Å². The standard InChI is InChI=1S/C17H18/c1-15-14-16-10-8-6-4-2-3-5-7-9-11-17(15)13-12-16/h2-13,15H,14H2,1H3. The van der Waals surface area contributed by atoms with Crippen LogP contribution >= 0.6 is 0 Å². The van der Waals surface area contributed by atoms with E-state index in [0.717, 1.165) is 6.42 Å². The number of rotatable bonds is 0. The first-order chi connectivity index (χ1) is 8.36. The molecule has 0 saturated heterocycles. The maximum Gasteiger partial charge on any atom is -0.0150 e. The van der Waals surface area contributed by atoms with Crippen LogP contribution < -0.4 is 0 Å². The van der Waals surface area contributed by atoms with Crippen LogP contribution in [0.2, 0.25) is 0 Å². The summed E-state index contributed by atoms with van der Waals surface area (Å²) in [6, 6.07) is 25.4. The molecule has 2 aliphatic carbocycles. The van der Waals surface area contributed by atoms with Crippen molar-refractivity contribution in [3.63, 3.8) is 0 Å². The van der Waals surface area contributed by atoms with Crippen molar-refractivity contribution in [1.82, 2.24) is 0 Å². The fourth-order valence-corrected chi connectivity index (χ4v) is 1.98. The van der Waals surface area contributed by atoms with Crippen LogP contribution in [0.25, 0.3) is 0 Å². The average Bonchev–Trinajstić information content (AvgIpc) is 2.33. The zero-order valence-corrected chi connectivity index (χ0v) is 10.2. The van der Waals surface area contributed by atoms with E-state index < -0.39 is 0 Å². The Morgan fingerprint density at radius 1 is 0.706 bits per heavy atom. The highest BCUT2D eigenvalue weighted by molar-refractivity contribution is 5.26. The molecule has 1 aromatic carbocycles. The molecule has 0 aromatic heterocycles. The largest absolute Gasteiger partial charge is 0.0623 e. The van der Waals surface area contributed by atoms with E-state index in [4.69, 9.17) is 0 Å². The molecule has 1 aromatic rings. The van der Waals surface area contributed by atoms with Crippen molar-refractivity contribution in [2.45, 2.75) is 19.3 Å². The van der Waals surface area contributed by atoms with Crippen molar-refractivity contribution in [3.8, 4) is 0 Å². The molecule has 86 valence electrons. The maximum atomic E-state index is 2.28. The smallest absolute Gasteiger partial charge is 0.0150 e. The molecular formula is C17H18. The van der Waals surface area contributed by atoms with Gasteiger partial charge < -0.3 is 0 Å². The van der Waals surface area contributed by atoms with Gasteiger partial charge in [-0.1, -0.05) is 79.7 Å². The van der Waals surface area contributed by atoms with Crippen molar-refractivity contribution in [3.05, 3.63) is 83.9 Å². The summed E-state index contributed by atoms with van der Waals surface area (Å²) in [6.07, 6.45) is 1.13. The molecule has 0 fully saturated rings. The second-order valence-corrected chi connectivity index (χ2v) is 4.39. The van der Waals surface area contributed by atoms with E-state index in [9.17, 15) is 0 Å². The van der Waals surface area contributed by atoms with Crippen molar-refractivity contribution >= 4 is 0 Å². The molecule has 2 aliphatic rings. The van der Waals surface area contributed by atoms with Crippen molar-refractivity contribution in [1.29, 1.82) is 0 Å². The molecule has 0 spiro atoms. The third-order valence-electron chi connectivity index (χ3n) is 2.98. The summed E-state index contributed by atoms with van der Waals surface area (Å²) < 4.78 is 0. The minimum absolute atomic E-state index is 0.603. The molecule has 2 bridgehead atoms. The fourth-order valence-electron chi connectivity index (χ4n) is 1.98. The van der Waals surface area contributed by atoms with E-state index in [-0.39, 0.29) is 0 Å². The van der Waals surface area contributed by atoms with Crippen LogP contribution in [0.3, 0.4) is 0 Å². The lowest BCUT2D eigenvalue weighted by Crippen LogP contribution is -2.00. The van der Waals surface area contributed by atoms with E-state index in [1.54, 1.807) is 0 Å². The third kappa shape index (κ3) is 3.60. The Morgan fingerprint density at radius 3 is 1.94 bits per heavy atom. The zero-order valence-electron chi connectivity index (χ0n) is 10.2. The van der Waals surface area contributed by atoms with Gasteiger partial charge >= 0.3 is 0 Å². The molecule has 0 aliphatic heterocycles. The van der Waals surface area contributed by atoms with Gasteiger partial charge in [0.15, 0.2) is 0 Å². The van der Waals surface area contributed by atoms with E-state index in [1.165, 1.54) is 11.1 Å². The highest BCUT2D eigenvalue weighted by Crippen LogP contribution is 2.22. The van der Waals surface area contributed by atoms with Gasteiger partial charge in [0.25, 0.3) is 0 Å². The molecule has 0 saturated carbocycles. The van der Waals surface area contributed by atoms with E-state index in [1.807, 2.05) is 24.3 Å². The quantitative estimate of drug-likeness (QED) is 0.602. The van der Waals surface area contributed by atoms with Crippen LogP contribution in [-0.4, -0.2) is 0 Å². The Balaban J connectivity index is 2.53. The summed E-state index contributed by atoms with van der Waals surface area (Å²) in [6.45, 7) is 2.28. The molecule has 0 radical (unpaired) electrons. The highest BCUT2D eigenvalue weighted by atomic mass is 14.1. The Labute approximate surface area is 104 Å². The molecule has 1 atom stereocenters. The molecule has 17 heavy (non-hydrogen) atoms. The van der Waals surface area contributed by atoms with Crippen molar-refractivity contribution < 1.29 is 0 Å². The monoisotopic (exact) mass is 222 g/mol. The Bertz CT molecular complexity index is 486. The molecule has 0 nitrogen and oxygen atoms in total. The fraction of sp³-hybridized carbons (Fsp3) is 0.176. The Kier molecular flexibility index (Phi) is 4.15. The normalized spacial score (nSPS) is 15.7. The summed E-state index contributed by atoms with van der Waals surface area (Å²) in [7, 11) is 0. The first kappa shape index (κ1) is 11.7. The van der Waals surface area contributed by atoms with Gasteiger partial charge in [0.05, 0.1) is 0 Å². The number of fused-ring (bicyclic) bond motifs is 11. The molecule has 0 heteroatoms. The average molecular weight is 222 g/mol. The second kappa shape index (κ2) is 6.05. The van der Waals surface area contributed by atoms with Crippen LogP contribution in [0, 0.1) is 0 Å². The first-order valence-electron chi connectivity index (χ1n) is 6.12. The van der Waals surface area contributed by atoms with Crippen molar-refractivity contribution in [2.75, 3.05) is 0 Å². The molecular weight excluding hydrogens is 204 g/mol. The lowest BCUT2D eigenvalue weighted by atomic mass is 9.91. The zero-order chi connectivity index (χ0) is 11.9. The molecule has 0 N–H and O–H groups in total. The van der Waals surface area contributed by atoms with Crippen molar-refractivity contribution in [2.24, 2.45) is 0 Å². The molecule has 1 unspecified atom stereocenters. The lowest BCUT2D eigenvalue weighted by Gasteiger charge is -2.14. The SMILES string of the molecule is CC1Cc2ccccccccccc1cc2. The van der Waals surface area contributed by atoms with E-state index in [2.05, 4.69) is 55.5 Å². The second-order valence-electron chi connectivity index (χ2n) is 4.39. The van der Waals surface area contributed by atoms with Gasteiger partial charge in [-0.3, -0.25) is 0 Å². The summed E-state index contributed by atoms with van der Waals surface area (Å²) in [4.78, 5) is 0. The van der Waals surface area contributed by atoms with Gasteiger partial charge in [-0.05, 0) is 23.5 Å². The summed E-state index contributed by atoms with van der Waals surface area (Å²) in [5.74, 6) is 0.603. The maximum absolute atomic E-state index is 2.28. The van der Waals surface area contributed by atoms with Gasteiger partial charge in [-0.2, -0.15) is 0 Å². The summed E-state index contributed by atoms with van der Waals surface area (Å²) >= 11 is 0. The van der Waals surface area contributed by atoms with Crippen LogP contribution in [-0.2, 0) is 6.42 Å². The minimum atomic E-state index is 0.603. The Hall–Kier alpha value is -1.82. The lowest BCUT2D eigenvalue weighted by molar-refractivity contribution is 0.748. The van der Waals surface area contributed by atoms with Crippen LogP contribution in [0.1, 0.15) is 24.0 Å². The van der Waals surface area contributed by atoms with Crippen LogP contribution in [0.15, 0.2) is 72.8 Å². The van der Waals surface area contributed by atoms with Gasteiger partial charge in [0.1, 0.15) is 0 Å². The molecule has 3 rings (SSSR count). The topological polar surface area (TPSA) is 0 Å². The highest BCUT2D eigenvalue weighted by Gasteiger charge is 2.07. The number of hydrogen-bond acceptors (Lipinski definition) is 0.